The van der Waals surface area contributed by atoms with Gasteiger partial charge in [0, 0.05) is 29.7 Å². The fourth-order valence-corrected chi connectivity index (χ4v) is 3.15. The van der Waals surface area contributed by atoms with Gasteiger partial charge in [-0.2, -0.15) is 0 Å². The molecule has 0 aliphatic heterocycles. The lowest BCUT2D eigenvalue weighted by Crippen LogP contribution is -2.38. The minimum absolute atomic E-state index is 0.175. The number of anilines is 1. The number of carbonyl (C=O) groups excluding carboxylic acids is 1. The molecule has 0 aliphatic carbocycles. The Hall–Kier alpha value is -1.85. The molecule has 1 aromatic heterocycles. The highest BCUT2D eigenvalue weighted by molar-refractivity contribution is 7.10. The molecule has 0 fully saturated rings. The Balaban J connectivity index is 1.96. The normalized spacial score (nSPS) is 13.4. The van der Waals surface area contributed by atoms with E-state index in [9.17, 15) is 9.90 Å². The molecule has 1 heterocycles. The summed E-state index contributed by atoms with van der Waals surface area (Å²) in [7, 11) is 2.04. The topological polar surface area (TPSA) is 52.6 Å². The average Bonchev–Trinajstić information content (AvgIpc) is 3.08. The maximum atomic E-state index is 12.2. The van der Waals surface area contributed by atoms with E-state index in [1.54, 1.807) is 6.92 Å². The summed E-state index contributed by atoms with van der Waals surface area (Å²) < 4.78 is 0. The van der Waals surface area contributed by atoms with Gasteiger partial charge in [-0.3, -0.25) is 4.79 Å². The van der Waals surface area contributed by atoms with E-state index in [0.717, 1.165) is 23.5 Å². The van der Waals surface area contributed by atoms with E-state index in [0.29, 0.717) is 5.56 Å². The first kappa shape index (κ1) is 17.5. The third-order valence-corrected chi connectivity index (χ3v) is 4.90. The van der Waals surface area contributed by atoms with Crippen LogP contribution in [0.2, 0.25) is 0 Å². The molecule has 23 heavy (non-hydrogen) atoms. The Morgan fingerprint density at radius 1 is 1.30 bits per heavy atom. The number of amides is 1. The zero-order valence-electron chi connectivity index (χ0n) is 13.9. The maximum Gasteiger partial charge on any atom is 0.251 e. The smallest absolute Gasteiger partial charge is 0.251 e. The molecule has 1 atom stereocenters. The van der Waals surface area contributed by atoms with Gasteiger partial charge in [0.05, 0.1) is 6.54 Å². The highest BCUT2D eigenvalue weighted by Crippen LogP contribution is 2.24. The number of rotatable bonds is 7. The number of hydrogen-bond acceptors (Lipinski definition) is 4. The summed E-state index contributed by atoms with van der Waals surface area (Å²) in [5.74, 6) is -0.175. The number of nitrogens with zero attached hydrogens (tertiary/aromatic N) is 1. The Labute approximate surface area is 141 Å². The van der Waals surface area contributed by atoms with Gasteiger partial charge in [0.1, 0.15) is 5.60 Å². The molecular weight excluding hydrogens is 308 g/mol. The van der Waals surface area contributed by atoms with Crippen LogP contribution in [0.5, 0.6) is 0 Å². The van der Waals surface area contributed by atoms with Crippen LogP contribution in [0.1, 0.15) is 35.5 Å². The highest BCUT2D eigenvalue weighted by Gasteiger charge is 2.25. The zero-order valence-corrected chi connectivity index (χ0v) is 14.7. The van der Waals surface area contributed by atoms with Crippen molar-refractivity contribution in [3.05, 3.63) is 52.2 Å². The molecule has 0 saturated heterocycles. The van der Waals surface area contributed by atoms with Crippen LogP contribution in [0, 0.1) is 0 Å². The van der Waals surface area contributed by atoms with Gasteiger partial charge < -0.3 is 15.3 Å². The average molecular weight is 332 g/mol. The lowest BCUT2D eigenvalue weighted by molar-refractivity contribution is 0.0557. The van der Waals surface area contributed by atoms with Gasteiger partial charge in [0.25, 0.3) is 5.91 Å². The van der Waals surface area contributed by atoms with Crippen molar-refractivity contribution in [2.75, 3.05) is 25.0 Å². The summed E-state index contributed by atoms with van der Waals surface area (Å²) in [6, 6.07) is 11.3. The fraction of sp³-hybridized carbons (Fsp3) is 0.389. The third kappa shape index (κ3) is 4.56. The first-order valence-corrected chi connectivity index (χ1v) is 8.68. The first-order valence-electron chi connectivity index (χ1n) is 7.80. The molecule has 2 rings (SSSR count). The number of aliphatic hydroxyl groups is 1. The molecule has 4 nitrogen and oxygen atoms in total. The van der Waals surface area contributed by atoms with Crippen molar-refractivity contribution >= 4 is 22.9 Å². The van der Waals surface area contributed by atoms with E-state index < -0.39 is 5.60 Å². The summed E-state index contributed by atoms with van der Waals surface area (Å²) in [5, 5.41) is 15.2. The maximum absolute atomic E-state index is 12.2. The van der Waals surface area contributed by atoms with Gasteiger partial charge >= 0.3 is 0 Å². The van der Waals surface area contributed by atoms with Crippen molar-refractivity contribution in [2.24, 2.45) is 0 Å². The Kier molecular flexibility index (Phi) is 5.80. The second-order valence-electron chi connectivity index (χ2n) is 5.90. The third-order valence-electron chi connectivity index (χ3n) is 3.77. The Morgan fingerprint density at radius 2 is 2.00 bits per heavy atom. The molecule has 5 heteroatoms. The predicted octanol–water partition coefficient (Wildman–Crippen LogP) is 3.23. The summed E-state index contributed by atoms with van der Waals surface area (Å²) in [6.45, 7) is 5.01. The van der Waals surface area contributed by atoms with E-state index in [4.69, 9.17) is 0 Å². The zero-order chi connectivity index (χ0) is 16.9. The molecule has 124 valence electrons. The van der Waals surface area contributed by atoms with Crippen molar-refractivity contribution in [3.8, 4) is 0 Å². The molecule has 0 radical (unpaired) electrons. The second-order valence-corrected chi connectivity index (χ2v) is 6.85. The minimum Gasteiger partial charge on any atom is -0.383 e. The predicted molar refractivity (Wildman–Crippen MR) is 96.2 cm³/mol. The van der Waals surface area contributed by atoms with Crippen LogP contribution in [0.3, 0.4) is 0 Å². The largest absolute Gasteiger partial charge is 0.383 e. The lowest BCUT2D eigenvalue weighted by Gasteiger charge is -2.22. The van der Waals surface area contributed by atoms with Crippen LogP contribution in [-0.4, -0.2) is 31.2 Å². The van der Waals surface area contributed by atoms with Gasteiger partial charge in [-0.25, -0.2) is 0 Å². The van der Waals surface area contributed by atoms with Crippen LogP contribution < -0.4 is 10.2 Å². The molecule has 1 aromatic carbocycles. The Morgan fingerprint density at radius 3 is 2.57 bits per heavy atom. The molecule has 1 amide bonds. The van der Waals surface area contributed by atoms with Crippen molar-refractivity contribution in [3.63, 3.8) is 0 Å². The van der Waals surface area contributed by atoms with E-state index in [1.807, 2.05) is 48.8 Å². The Bertz CT molecular complexity index is 621. The molecule has 0 bridgehead atoms. The summed E-state index contributed by atoms with van der Waals surface area (Å²) in [5.41, 5.74) is 0.639. The van der Waals surface area contributed by atoms with E-state index in [1.165, 1.54) is 11.3 Å². The van der Waals surface area contributed by atoms with Gasteiger partial charge in [-0.15, -0.1) is 11.3 Å². The number of nitrogens with one attached hydrogen (secondary N) is 1. The van der Waals surface area contributed by atoms with Crippen molar-refractivity contribution in [1.82, 2.24) is 5.32 Å². The van der Waals surface area contributed by atoms with E-state index in [-0.39, 0.29) is 12.5 Å². The van der Waals surface area contributed by atoms with Crippen LogP contribution in [0.4, 0.5) is 5.69 Å². The molecule has 0 saturated carbocycles. The van der Waals surface area contributed by atoms with Gasteiger partial charge in [0.15, 0.2) is 0 Å². The second kappa shape index (κ2) is 7.62. The monoisotopic (exact) mass is 332 g/mol. The molecule has 1 unspecified atom stereocenters. The quantitative estimate of drug-likeness (QED) is 0.818. The highest BCUT2D eigenvalue weighted by atomic mass is 32.1. The summed E-state index contributed by atoms with van der Waals surface area (Å²) in [4.78, 5) is 15.2. The number of benzene rings is 1. The fourth-order valence-electron chi connectivity index (χ4n) is 2.36. The van der Waals surface area contributed by atoms with Crippen molar-refractivity contribution in [1.29, 1.82) is 0 Å². The minimum atomic E-state index is -1.05. The molecule has 2 aromatic rings. The molecule has 2 N–H and O–H groups in total. The molecule has 0 spiro atoms. The number of carbonyl (C=O) groups is 1. The van der Waals surface area contributed by atoms with Gasteiger partial charge in [-0.1, -0.05) is 13.0 Å². The van der Waals surface area contributed by atoms with Crippen molar-refractivity contribution in [2.45, 2.75) is 25.9 Å². The SMILES string of the molecule is CCCN(C)c1ccc(C(=O)NCC(C)(O)c2cccs2)cc1. The van der Waals surface area contributed by atoms with Gasteiger partial charge in [-0.05, 0) is 49.1 Å². The van der Waals surface area contributed by atoms with Crippen LogP contribution in [-0.2, 0) is 5.60 Å². The standard InChI is InChI=1S/C18H24N2O2S/c1-4-11-20(3)15-9-7-14(8-10-15)17(21)19-13-18(2,22)16-6-5-12-23-16/h5-10,12,22H,4,11,13H2,1-3H3,(H,19,21). The molecule has 0 aliphatic rings. The summed E-state index contributed by atoms with van der Waals surface area (Å²) in [6.07, 6.45) is 1.08. The van der Waals surface area contributed by atoms with E-state index in [2.05, 4.69) is 17.1 Å². The number of thiophene rings is 1. The van der Waals surface area contributed by atoms with Crippen molar-refractivity contribution < 1.29 is 9.90 Å². The van der Waals surface area contributed by atoms with Crippen LogP contribution >= 0.6 is 11.3 Å². The van der Waals surface area contributed by atoms with Gasteiger partial charge in [0.2, 0.25) is 0 Å². The van der Waals surface area contributed by atoms with Crippen LogP contribution in [0.25, 0.3) is 0 Å². The molecular formula is C18H24N2O2S. The lowest BCUT2D eigenvalue weighted by atomic mass is 10.0. The number of hydrogen-bond donors (Lipinski definition) is 2. The first-order chi connectivity index (χ1) is 10.9. The van der Waals surface area contributed by atoms with Crippen LogP contribution in [0.15, 0.2) is 41.8 Å². The van der Waals surface area contributed by atoms with E-state index >= 15 is 0 Å². The summed E-state index contributed by atoms with van der Waals surface area (Å²) >= 11 is 1.48.